The second kappa shape index (κ2) is 8.93. The van der Waals surface area contributed by atoms with Gasteiger partial charge in [0.2, 0.25) is 12.2 Å². The van der Waals surface area contributed by atoms with Gasteiger partial charge < -0.3 is 20.0 Å². The van der Waals surface area contributed by atoms with Gasteiger partial charge in [-0.1, -0.05) is 32.7 Å². The fraction of sp³-hybridized carbons (Fsp3) is 0.267. The lowest BCUT2D eigenvalue weighted by atomic mass is 10.3. The second-order valence-corrected chi connectivity index (χ2v) is 7.34. The SMILES string of the molecule is CCn1c(Cn2cnc([N+](=O)[O-])n2)nnc1SCC(=O)Nc1ccc(Br)cc1. The molecule has 0 spiro atoms. The average molecular weight is 467 g/mol. The third kappa shape index (κ3) is 4.92. The zero-order valence-corrected chi connectivity index (χ0v) is 17.1. The molecule has 0 aliphatic carbocycles. The van der Waals surface area contributed by atoms with Gasteiger partial charge in [0.05, 0.1) is 5.75 Å². The molecule has 146 valence electrons. The van der Waals surface area contributed by atoms with Crippen LogP contribution in [0.1, 0.15) is 12.7 Å². The zero-order valence-electron chi connectivity index (χ0n) is 14.6. The summed E-state index contributed by atoms with van der Waals surface area (Å²) in [6.45, 7) is 2.69. The predicted octanol–water partition coefficient (Wildman–Crippen LogP) is 2.34. The minimum atomic E-state index is -0.660. The Morgan fingerprint density at radius 1 is 1.32 bits per heavy atom. The van der Waals surface area contributed by atoms with Crippen molar-refractivity contribution in [2.75, 3.05) is 11.1 Å². The van der Waals surface area contributed by atoms with Gasteiger partial charge in [-0.3, -0.25) is 4.79 Å². The minimum absolute atomic E-state index is 0.161. The first-order valence-electron chi connectivity index (χ1n) is 8.10. The highest BCUT2D eigenvalue weighted by Crippen LogP contribution is 2.19. The number of thioether (sulfide) groups is 1. The van der Waals surface area contributed by atoms with Crippen LogP contribution in [-0.2, 0) is 17.9 Å². The number of benzene rings is 1. The van der Waals surface area contributed by atoms with E-state index in [9.17, 15) is 14.9 Å². The number of nitrogens with zero attached hydrogens (tertiary/aromatic N) is 7. The quantitative estimate of drug-likeness (QED) is 0.303. The number of amides is 1. The van der Waals surface area contributed by atoms with Crippen LogP contribution in [0.5, 0.6) is 0 Å². The van der Waals surface area contributed by atoms with Crippen LogP contribution in [0.25, 0.3) is 0 Å². The van der Waals surface area contributed by atoms with Crippen molar-refractivity contribution >= 4 is 45.2 Å². The van der Waals surface area contributed by atoms with Crippen molar-refractivity contribution in [1.82, 2.24) is 29.5 Å². The molecule has 1 amide bonds. The van der Waals surface area contributed by atoms with Crippen LogP contribution in [0, 0.1) is 10.1 Å². The summed E-state index contributed by atoms with van der Waals surface area (Å²) in [6, 6.07) is 7.29. The van der Waals surface area contributed by atoms with Gasteiger partial charge in [-0.05, 0) is 36.1 Å². The molecule has 0 fully saturated rings. The highest BCUT2D eigenvalue weighted by Gasteiger charge is 2.18. The van der Waals surface area contributed by atoms with Gasteiger partial charge in [-0.15, -0.1) is 10.2 Å². The van der Waals surface area contributed by atoms with Crippen molar-refractivity contribution in [3.8, 4) is 0 Å². The number of hydrogen-bond acceptors (Lipinski definition) is 8. The summed E-state index contributed by atoms with van der Waals surface area (Å²) in [5.74, 6) is 0.106. The molecule has 0 atom stereocenters. The Bertz CT molecular complexity index is 988. The molecule has 0 unspecified atom stereocenters. The maximum Gasteiger partial charge on any atom is 0.490 e. The molecular formula is C15H15BrN8O3S. The summed E-state index contributed by atoms with van der Waals surface area (Å²) < 4.78 is 4.08. The summed E-state index contributed by atoms with van der Waals surface area (Å²) in [7, 11) is 0. The smallest absolute Gasteiger partial charge is 0.390 e. The molecule has 28 heavy (non-hydrogen) atoms. The Balaban J connectivity index is 1.61. The number of nitro groups is 1. The number of carbonyl (C=O) groups is 1. The van der Waals surface area contributed by atoms with E-state index in [4.69, 9.17) is 0 Å². The number of aromatic nitrogens is 6. The molecule has 1 N–H and O–H groups in total. The molecule has 13 heteroatoms. The Morgan fingerprint density at radius 2 is 2.07 bits per heavy atom. The lowest BCUT2D eigenvalue weighted by Crippen LogP contribution is -2.15. The van der Waals surface area contributed by atoms with Gasteiger partial charge in [0.25, 0.3) is 0 Å². The molecule has 1 aromatic carbocycles. The molecule has 11 nitrogen and oxygen atoms in total. The van der Waals surface area contributed by atoms with E-state index in [0.29, 0.717) is 23.2 Å². The maximum atomic E-state index is 12.1. The molecule has 0 radical (unpaired) electrons. The van der Waals surface area contributed by atoms with E-state index >= 15 is 0 Å². The largest absolute Gasteiger partial charge is 0.490 e. The summed E-state index contributed by atoms with van der Waals surface area (Å²) in [5, 5.41) is 26.1. The highest BCUT2D eigenvalue weighted by atomic mass is 79.9. The van der Waals surface area contributed by atoms with Crippen LogP contribution in [-0.4, -0.2) is 46.1 Å². The first-order chi connectivity index (χ1) is 13.5. The summed E-state index contributed by atoms with van der Waals surface area (Å²) in [5.41, 5.74) is 0.708. The standard InChI is InChI=1S/C15H15BrN8O3S/c1-2-23-12(7-22-9-17-14(21-22)24(26)27)19-20-15(23)28-8-13(25)18-11-5-3-10(16)4-6-11/h3-6,9H,2,7-8H2,1H3,(H,18,25). The lowest BCUT2D eigenvalue weighted by Gasteiger charge is -2.07. The normalized spacial score (nSPS) is 10.8. The monoisotopic (exact) mass is 466 g/mol. The molecule has 0 aliphatic rings. The van der Waals surface area contributed by atoms with Gasteiger partial charge >= 0.3 is 5.95 Å². The first kappa shape index (κ1) is 19.9. The van der Waals surface area contributed by atoms with Crippen molar-refractivity contribution in [1.29, 1.82) is 0 Å². The Kier molecular flexibility index (Phi) is 6.36. The number of hydrogen-bond donors (Lipinski definition) is 1. The number of carbonyl (C=O) groups excluding carboxylic acids is 1. The molecule has 3 rings (SSSR count). The van der Waals surface area contributed by atoms with Gasteiger partial charge in [-0.25, -0.2) is 0 Å². The van der Waals surface area contributed by atoms with Gasteiger partial charge in [0.1, 0.15) is 6.54 Å². The van der Waals surface area contributed by atoms with E-state index in [0.717, 1.165) is 4.47 Å². The van der Waals surface area contributed by atoms with Crippen molar-refractivity contribution in [2.24, 2.45) is 0 Å². The van der Waals surface area contributed by atoms with Crippen molar-refractivity contribution in [2.45, 2.75) is 25.2 Å². The number of anilines is 1. The molecule has 2 heterocycles. The summed E-state index contributed by atoms with van der Waals surface area (Å²) >= 11 is 4.60. The molecule has 3 aromatic rings. The van der Waals surface area contributed by atoms with Crippen molar-refractivity contribution in [3.05, 3.63) is 51.0 Å². The van der Waals surface area contributed by atoms with E-state index in [-0.39, 0.29) is 18.2 Å². The Hall–Kier alpha value is -2.80. The van der Waals surface area contributed by atoms with Gasteiger partial charge in [0, 0.05) is 21.8 Å². The van der Waals surface area contributed by atoms with E-state index in [1.165, 1.54) is 22.8 Å². The second-order valence-electron chi connectivity index (χ2n) is 5.49. The van der Waals surface area contributed by atoms with Gasteiger partial charge in [-0.2, -0.15) is 4.68 Å². The summed E-state index contributed by atoms with van der Waals surface area (Å²) in [4.78, 5) is 25.8. The van der Waals surface area contributed by atoms with Crippen LogP contribution in [0.3, 0.4) is 0 Å². The number of halogens is 1. The molecule has 2 aromatic heterocycles. The van der Waals surface area contributed by atoms with Crippen LogP contribution < -0.4 is 5.32 Å². The van der Waals surface area contributed by atoms with Gasteiger partial charge in [0.15, 0.2) is 11.0 Å². The minimum Gasteiger partial charge on any atom is -0.390 e. The number of rotatable bonds is 8. The molecule has 0 saturated carbocycles. The lowest BCUT2D eigenvalue weighted by molar-refractivity contribution is -0.394. The molecule has 0 saturated heterocycles. The average Bonchev–Trinajstić information content (AvgIpc) is 3.29. The van der Waals surface area contributed by atoms with Crippen LogP contribution in [0.15, 0.2) is 40.2 Å². The number of nitrogens with one attached hydrogen (secondary N) is 1. The fourth-order valence-electron chi connectivity index (χ4n) is 2.31. The topological polar surface area (TPSA) is 134 Å². The maximum absolute atomic E-state index is 12.1. The molecule has 0 aliphatic heterocycles. The molecular weight excluding hydrogens is 452 g/mol. The zero-order chi connectivity index (χ0) is 20.1. The predicted molar refractivity (Wildman–Crippen MR) is 105 cm³/mol. The Morgan fingerprint density at radius 3 is 2.71 bits per heavy atom. The third-order valence-electron chi connectivity index (χ3n) is 3.56. The van der Waals surface area contributed by atoms with Crippen molar-refractivity contribution < 1.29 is 9.72 Å². The molecule has 0 bridgehead atoms. The highest BCUT2D eigenvalue weighted by molar-refractivity contribution is 9.10. The van der Waals surface area contributed by atoms with E-state index in [1.54, 1.807) is 12.1 Å². The van der Waals surface area contributed by atoms with Crippen LogP contribution in [0.4, 0.5) is 11.6 Å². The fourth-order valence-corrected chi connectivity index (χ4v) is 3.40. The Labute approximate surface area is 171 Å². The van der Waals surface area contributed by atoms with Crippen LogP contribution in [0.2, 0.25) is 0 Å². The van der Waals surface area contributed by atoms with E-state index in [1.807, 2.05) is 23.6 Å². The first-order valence-corrected chi connectivity index (χ1v) is 9.88. The van der Waals surface area contributed by atoms with E-state index in [2.05, 4.69) is 41.5 Å². The van der Waals surface area contributed by atoms with E-state index < -0.39 is 10.9 Å². The third-order valence-corrected chi connectivity index (χ3v) is 5.06. The van der Waals surface area contributed by atoms with Crippen molar-refractivity contribution in [3.63, 3.8) is 0 Å². The summed E-state index contributed by atoms with van der Waals surface area (Å²) in [6.07, 6.45) is 1.27. The van der Waals surface area contributed by atoms with Crippen LogP contribution >= 0.6 is 27.7 Å².